The molecule has 0 bridgehead atoms. The van der Waals surface area contributed by atoms with Crippen LogP contribution in [0.25, 0.3) is 0 Å². The predicted molar refractivity (Wildman–Crippen MR) is 76.3 cm³/mol. The lowest BCUT2D eigenvalue weighted by Gasteiger charge is -2.29. The average Bonchev–Trinajstić information content (AvgIpc) is 2.45. The van der Waals surface area contributed by atoms with Crippen molar-refractivity contribution < 1.29 is 9.90 Å². The molecule has 0 spiro atoms. The van der Waals surface area contributed by atoms with Gasteiger partial charge in [-0.1, -0.05) is 30.3 Å². The Kier molecular flexibility index (Phi) is 5.40. The second-order valence-electron chi connectivity index (χ2n) is 5.41. The normalized spacial score (nSPS) is 23.2. The van der Waals surface area contributed by atoms with Gasteiger partial charge in [-0.15, -0.1) is 0 Å². The molecule has 19 heavy (non-hydrogen) atoms. The molecule has 0 amide bonds. The minimum atomic E-state index is -0.699. The van der Waals surface area contributed by atoms with E-state index in [4.69, 9.17) is 5.11 Å². The van der Waals surface area contributed by atoms with Gasteiger partial charge in [0.05, 0.1) is 0 Å². The van der Waals surface area contributed by atoms with Crippen LogP contribution >= 0.6 is 0 Å². The van der Waals surface area contributed by atoms with Crippen molar-refractivity contribution in [1.29, 1.82) is 0 Å². The molecule has 1 aliphatic rings. The summed E-state index contributed by atoms with van der Waals surface area (Å²) in [6.45, 7) is 0.826. The van der Waals surface area contributed by atoms with E-state index in [9.17, 15) is 4.79 Å². The highest BCUT2D eigenvalue weighted by atomic mass is 16.4. The maximum Gasteiger partial charge on any atom is 0.303 e. The van der Waals surface area contributed by atoms with Crippen LogP contribution in [0.5, 0.6) is 0 Å². The summed E-state index contributed by atoms with van der Waals surface area (Å²) in [6, 6.07) is 11.3. The fourth-order valence-corrected chi connectivity index (χ4v) is 2.90. The number of hydrogen-bond acceptors (Lipinski definition) is 2. The molecule has 2 N–H and O–H groups in total. The molecule has 3 nitrogen and oxygen atoms in total. The van der Waals surface area contributed by atoms with E-state index in [0.29, 0.717) is 12.0 Å². The van der Waals surface area contributed by atoms with Gasteiger partial charge in [0.25, 0.3) is 0 Å². The standard InChI is InChI=1S/C16H23NO2/c18-16(19)7-4-12-17-15-10-8-14(9-11-15)13-5-2-1-3-6-13/h1-3,5-6,14-15,17H,4,7-12H2,(H,18,19). The van der Waals surface area contributed by atoms with Gasteiger partial charge < -0.3 is 10.4 Å². The summed E-state index contributed by atoms with van der Waals surface area (Å²) in [5, 5.41) is 12.1. The molecule has 104 valence electrons. The van der Waals surface area contributed by atoms with Crippen molar-refractivity contribution in [1.82, 2.24) is 5.32 Å². The minimum Gasteiger partial charge on any atom is -0.481 e. The predicted octanol–water partition coefficient (Wildman–Crippen LogP) is 3.17. The molecule has 1 fully saturated rings. The first-order valence-corrected chi connectivity index (χ1v) is 7.26. The Morgan fingerprint density at radius 1 is 1.16 bits per heavy atom. The zero-order valence-corrected chi connectivity index (χ0v) is 11.3. The number of aliphatic carboxylic acids is 1. The monoisotopic (exact) mass is 261 g/mol. The van der Waals surface area contributed by atoms with Crippen molar-refractivity contribution in [2.45, 2.75) is 50.5 Å². The van der Waals surface area contributed by atoms with Crippen LogP contribution in [-0.4, -0.2) is 23.7 Å². The molecule has 0 aliphatic heterocycles. The van der Waals surface area contributed by atoms with E-state index >= 15 is 0 Å². The summed E-state index contributed by atoms with van der Waals surface area (Å²) < 4.78 is 0. The summed E-state index contributed by atoms with van der Waals surface area (Å²) in [6.07, 6.45) is 5.88. The largest absolute Gasteiger partial charge is 0.481 e. The van der Waals surface area contributed by atoms with Crippen molar-refractivity contribution in [2.24, 2.45) is 0 Å². The molecule has 1 aromatic carbocycles. The van der Waals surface area contributed by atoms with Crippen LogP contribution in [0.3, 0.4) is 0 Å². The second-order valence-corrected chi connectivity index (χ2v) is 5.41. The fourth-order valence-electron chi connectivity index (χ4n) is 2.90. The van der Waals surface area contributed by atoms with Crippen molar-refractivity contribution >= 4 is 5.97 Å². The number of benzene rings is 1. The van der Waals surface area contributed by atoms with Gasteiger partial charge in [0.1, 0.15) is 0 Å². The summed E-state index contributed by atoms with van der Waals surface area (Å²) >= 11 is 0. The Morgan fingerprint density at radius 2 is 1.84 bits per heavy atom. The summed E-state index contributed by atoms with van der Waals surface area (Å²) in [5.41, 5.74) is 1.46. The Hall–Kier alpha value is -1.35. The van der Waals surface area contributed by atoms with E-state index in [1.807, 2.05) is 0 Å². The third kappa shape index (κ3) is 4.67. The Bertz CT molecular complexity index is 383. The van der Waals surface area contributed by atoms with Crippen LogP contribution in [0.2, 0.25) is 0 Å². The third-order valence-electron chi connectivity index (χ3n) is 4.00. The fraction of sp³-hybridized carbons (Fsp3) is 0.562. The van der Waals surface area contributed by atoms with Gasteiger partial charge in [-0.3, -0.25) is 4.79 Å². The van der Waals surface area contributed by atoms with Gasteiger partial charge in [0.15, 0.2) is 0 Å². The Labute approximate surface area is 115 Å². The zero-order valence-electron chi connectivity index (χ0n) is 11.3. The molecule has 1 aromatic rings. The number of nitrogens with one attached hydrogen (secondary N) is 1. The van der Waals surface area contributed by atoms with Crippen molar-refractivity contribution in [3.05, 3.63) is 35.9 Å². The molecule has 3 heteroatoms. The van der Waals surface area contributed by atoms with Gasteiger partial charge >= 0.3 is 5.97 Å². The van der Waals surface area contributed by atoms with Crippen LogP contribution in [0.15, 0.2) is 30.3 Å². The van der Waals surface area contributed by atoms with Gasteiger partial charge in [0.2, 0.25) is 0 Å². The first kappa shape index (κ1) is 14.1. The quantitative estimate of drug-likeness (QED) is 0.773. The summed E-state index contributed by atoms with van der Waals surface area (Å²) in [5.74, 6) is 0.00727. The molecule has 1 aliphatic carbocycles. The molecular weight excluding hydrogens is 238 g/mol. The highest BCUT2D eigenvalue weighted by molar-refractivity contribution is 5.66. The Morgan fingerprint density at radius 3 is 2.47 bits per heavy atom. The van der Waals surface area contributed by atoms with E-state index in [-0.39, 0.29) is 6.42 Å². The van der Waals surface area contributed by atoms with E-state index in [0.717, 1.165) is 13.0 Å². The van der Waals surface area contributed by atoms with Crippen LogP contribution in [0.4, 0.5) is 0 Å². The molecule has 0 aromatic heterocycles. The number of carbonyl (C=O) groups is 1. The second kappa shape index (κ2) is 7.29. The highest BCUT2D eigenvalue weighted by Gasteiger charge is 2.21. The number of carboxylic acid groups (broad SMARTS) is 1. The van der Waals surface area contributed by atoms with Gasteiger partial charge in [0, 0.05) is 12.5 Å². The topological polar surface area (TPSA) is 49.3 Å². The molecular formula is C16H23NO2. The molecule has 0 radical (unpaired) electrons. The summed E-state index contributed by atoms with van der Waals surface area (Å²) in [4.78, 5) is 10.4. The van der Waals surface area contributed by atoms with Crippen LogP contribution in [0.1, 0.15) is 50.0 Å². The molecule has 0 atom stereocenters. The van der Waals surface area contributed by atoms with E-state index < -0.39 is 5.97 Å². The molecule has 1 saturated carbocycles. The minimum absolute atomic E-state index is 0.270. The molecule has 0 heterocycles. The van der Waals surface area contributed by atoms with E-state index in [1.54, 1.807) is 0 Å². The molecule has 0 saturated heterocycles. The SMILES string of the molecule is O=C(O)CCCNC1CCC(c2ccccc2)CC1. The zero-order chi connectivity index (χ0) is 13.5. The lowest BCUT2D eigenvalue weighted by atomic mass is 9.82. The summed E-state index contributed by atoms with van der Waals surface area (Å²) in [7, 11) is 0. The van der Waals surface area contributed by atoms with Crippen molar-refractivity contribution in [3.63, 3.8) is 0 Å². The Balaban J connectivity index is 1.67. The average molecular weight is 261 g/mol. The number of hydrogen-bond donors (Lipinski definition) is 2. The number of carboxylic acids is 1. The smallest absolute Gasteiger partial charge is 0.303 e. The number of rotatable bonds is 6. The van der Waals surface area contributed by atoms with Gasteiger partial charge in [-0.25, -0.2) is 0 Å². The van der Waals surface area contributed by atoms with E-state index in [2.05, 4.69) is 35.6 Å². The third-order valence-corrected chi connectivity index (χ3v) is 4.00. The van der Waals surface area contributed by atoms with E-state index in [1.165, 1.54) is 31.2 Å². The lowest BCUT2D eigenvalue weighted by Crippen LogP contribution is -2.33. The molecule has 0 unspecified atom stereocenters. The maximum atomic E-state index is 10.4. The lowest BCUT2D eigenvalue weighted by molar-refractivity contribution is -0.137. The van der Waals surface area contributed by atoms with Crippen LogP contribution < -0.4 is 5.32 Å². The first-order chi connectivity index (χ1) is 9.25. The van der Waals surface area contributed by atoms with Gasteiger partial charge in [-0.2, -0.15) is 0 Å². The van der Waals surface area contributed by atoms with Crippen molar-refractivity contribution in [2.75, 3.05) is 6.54 Å². The van der Waals surface area contributed by atoms with Crippen molar-refractivity contribution in [3.8, 4) is 0 Å². The first-order valence-electron chi connectivity index (χ1n) is 7.26. The van der Waals surface area contributed by atoms with Crippen LogP contribution in [0, 0.1) is 0 Å². The van der Waals surface area contributed by atoms with Crippen LogP contribution in [-0.2, 0) is 4.79 Å². The molecule has 2 rings (SSSR count). The highest BCUT2D eigenvalue weighted by Crippen LogP contribution is 2.32. The maximum absolute atomic E-state index is 10.4. The van der Waals surface area contributed by atoms with Gasteiger partial charge in [-0.05, 0) is 50.1 Å².